The molecule has 2 aliphatic rings. The van der Waals surface area contributed by atoms with Crippen LogP contribution in [0.15, 0.2) is 65.7 Å². The van der Waals surface area contributed by atoms with Crippen LogP contribution in [-0.4, -0.2) is 84.8 Å². The van der Waals surface area contributed by atoms with Crippen molar-refractivity contribution < 1.29 is 12.8 Å². The molecule has 11 heteroatoms. The molecule has 2 saturated heterocycles. The Morgan fingerprint density at radius 2 is 1.56 bits per heavy atom. The van der Waals surface area contributed by atoms with E-state index in [0.29, 0.717) is 34.6 Å². The van der Waals surface area contributed by atoms with Crippen LogP contribution in [0.5, 0.6) is 0 Å². The van der Waals surface area contributed by atoms with E-state index in [1.165, 1.54) is 25.0 Å². The molecule has 2 aromatic carbocycles. The molecule has 39 heavy (non-hydrogen) atoms. The molecule has 2 fully saturated rings. The van der Waals surface area contributed by atoms with Gasteiger partial charge in [-0.15, -0.1) is 0 Å². The first-order chi connectivity index (χ1) is 18.9. The maximum Gasteiger partial charge on any atom is 0.243 e. The number of nitrogens with zero attached hydrogens (tertiary/aromatic N) is 5. The number of likely N-dealkylation sites (tertiary alicyclic amines) is 2. The number of rotatable bonds is 10. The van der Waals surface area contributed by atoms with Crippen LogP contribution in [0.25, 0.3) is 0 Å². The second kappa shape index (κ2) is 12.4. The number of sulfonamides is 1. The van der Waals surface area contributed by atoms with Crippen molar-refractivity contribution in [2.45, 2.75) is 36.6 Å². The largest absolute Gasteiger partial charge is 0.340 e. The molecule has 1 aromatic heterocycles. The average Bonchev–Trinajstić information content (AvgIpc) is 3.45. The number of benzene rings is 2. The smallest absolute Gasteiger partial charge is 0.243 e. The van der Waals surface area contributed by atoms with Gasteiger partial charge in [0.05, 0.1) is 4.90 Å². The lowest BCUT2D eigenvalue weighted by atomic mass is 10.1. The maximum absolute atomic E-state index is 13.8. The van der Waals surface area contributed by atoms with Crippen LogP contribution in [0, 0.1) is 5.82 Å². The Hall–Kier alpha value is -3.12. The highest BCUT2D eigenvalue weighted by Crippen LogP contribution is 2.26. The Balaban J connectivity index is 1.28. The minimum absolute atomic E-state index is 0.0105. The predicted octanol–water partition coefficient (Wildman–Crippen LogP) is 4.28. The third-order valence-electron chi connectivity index (χ3n) is 7.42. The minimum Gasteiger partial charge on any atom is -0.340 e. The highest BCUT2D eigenvalue weighted by Gasteiger charge is 2.33. The van der Waals surface area contributed by atoms with Gasteiger partial charge in [-0.3, -0.25) is 0 Å². The number of nitrogens with one attached hydrogen (secondary N) is 2. The Kier molecular flexibility index (Phi) is 8.71. The van der Waals surface area contributed by atoms with E-state index in [9.17, 15) is 12.8 Å². The second-order valence-electron chi connectivity index (χ2n) is 10.2. The van der Waals surface area contributed by atoms with E-state index in [2.05, 4.69) is 37.4 Å². The van der Waals surface area contributed by atoms with Gasteiger partial charge in [0.1, 0.15) is 11.6 Å². The van der Waals surface area contributed by atoms with E-state index >= 15 is 0 Å². The zero-order valence-corrected chi connectivity index (χ0v) is 23.1. The molecule has 5 rings (SSSR count). The van der Waals surface area contributed by atoms with Crippen molar-refractivity contribution >= 4 is 33.2 Å². The number of halogens is 1. The van der Waals surface area contributed by atoms with Gasteiger partial charge in [-0.05, 0) is 114 Å². The zero-order valence-electron chi connectivity index (χ0n) is 22.3. The number of aromatic nitrogens is 2. The lowest BCUT2D eigenvalue weighted by Gasteiger charge is -2.37. The van der Waals surface area contributed by atoms with Gasteiger partial charge in [0.25, 0.3) is 0 Å². The van der Waals surface area contributed by atoms with Crippen LogP contribution in [0.4, 0.5) is 27.5 Å². The van der Waals surface area contributed by atoms with E-state index in [1.54, 1.807) is 53.0 Å². The van der Waals surface area contributed by atoms with Crippen LogP contribution in [0.2, 0.25) is 0 Å². The van der Waals surface area contributed by atoms with Crippen molar-refractivity contribution in [2.24, 2.45) is 0 Å². The molecule has 0 amide bonds. The summed E-state index contributed by atoms with van der Waals surface area (Å²) in [5.74, 6) is 0.596. The van der Waals surface area contributed by atoms with Crippen LogP contribution < -0.4 is 10.6 Å². The fraction of sp³-hybridized carbons (Fsp3) is 0.429. The third kappa shape index (κ3) is 7.10. The summed E-state index contributed by atoms with van der Waals surface area (Å²) in [4.78, 5) is 13.6. The molecule has 0 unspecified atom stereocenters. The highest BCUT2D eigenvalue weighted by atomic mass is 32.2. The van der Waals surface area contributed by atoms with E-state index in [4.69, 9.17) is 0 Å². The topological polar surface area (TPSA) is 93.7 Å². The van der Waals surface area contributed by atoms with Crippen LogP contribution in [0.3, 0.4) is 0 Å². The van der Waals surface area contributed by atoms with Crippen molar-refractivity contribution in [3.05, 3.63) is 66.6 Å². The summed E-state index contributed by atoms with van der Waals surface area (Å²) in [5.41, 5.74) is 1.38. The predicted molar refractivity (Wildman–Crippen MR) is 152 cm³/mol. The first-order valence-corrected chi connectivity index (χ1v) is 15.0. The summed E-state index contributed by atoms with van der Waals surface area (Å²) < 4.78 is 42.6. The Morgan fingerprint density at radius 1 is 0.923 bits per heavy atom. The van der Waals surface area contributed by atoms with Gasteiger partial charge < -0.3 is 20.4 Å². The molecule has 0 saturated carbocycles. The molecule has 0 spiro atoms. The number of anilines is 4. The molecule has 3 heterocycles. The van der Waals surface area contributed by atoms with Gasteiger partial charge in [0.2, 0.25) is 16.0 Å². The molecule has 9 nitrogen and oxygen atoms in total. The molecule has 2 N–H and O–H groups in total. The highest BCUT2D eigenvalue weighted by molar-refractivity contribution is 7.89. The van der Waals surface area contributed by atoms with Crippen molar-refractivity contribution in [3.63, 3.8) is 0 Å². The summed E-state index contributed by atoms with van der Waals surface area (Å²) in [7, 11) is -1.56. The van der Waals surface area contributed by atoms with Gasteiger partial charge in [-0.2, -0.15) is 9.29 Å². The molecule has 0 atom stereocenters. The van der Waals surface area contributed by atoms with Crippen molar-refractivity contribution in [1.29, 1.82) is 0 Å². The fourth-order valence-electron chi connectivity index (χ4n) is 5.17. The van der Waals surface area contributed by atoms with E-state index < -0.39 is 10.0 Å². The Bertz CT molecular complexity index is 1320. The number of hydrogen-bond donors (Lipinski definition) is 2. The van der Waals surface area contributed by atoms with Crippen LogP contribution >= 0.6 is 0 Å². The lowest BCUT2D eigenvalue weighted by molar-refractivity contribution is 0.172. The first-order valence-electron chi connectivity index (χ1n) is 13.5. The summed E-state index contributed by atoms with van der Waals surface area (Å²) in [6.45, 7) is 5.18. The molecule has 208 valence electrons. The van der Waals surface area contributed by atoms with E-state index in [0.717, 1.165) is 45.6 Å². The number of piperidine rings is 1. The van der Waals surface area contributed by atoms with Crippen molar-refractivity contribution in [1.82, 2.24) is 24.1 Å². The molecule has 0 radical (unpaired) electrons. The zero-order chi connectivity index (χ0) is 27.2. The average molecular weight is 554 g/mol. The van der Waals surface area contributed by atoms with Crippen LogP contribution in [0.1, 0.15) is 25.7 Å². The van der Waals surface area contributed by atoms with Gasteiger partial charge in [0.15, 0.2) is 0 Å². The Labute approximate surface area is 230 Å². The van der Waals surface area contributed by atoms with E-state index in [1.807, 2.05) is 0 Å². The maximum atomic E-state index is 13.8. The second-order valence-corrected chi connectivity index (χ2v) is 12.1. The summed E-state index contributed by atoms with van der Waals surface area (Å²) in [5, 5.41) is 6.25. The van der Waals surface area contributed by atoms with Crippen LogP contribution in [-0.2, 0) is 10.0 Å². The third-order valence-corrected chi connectivity index (χ3v) is 9.39. The molecule has 3 aromatic rings. The van der Waals surface area contributed by atoms with Crippen molar-refractivity contribution in [2.75, 3.05) is 56.9 Å². The fourth-order valence-corrected chi connectivity index (χ4v) is 6.85. The Morgan fingerprint density at radius 3 is 2.26 bits per heavy atom. The van der Waals surface area contributed by atoms with Crippen molar-refractivity contribution in [3.8, 4) is 0 Å². The van der Waals surface area contributed by atoms with Gasteiger partial charge in [0, 0.05) is 36.7 Å². The summed E-state index contributed by atoms with van der Waals surface area (Å²) in [6, 6.07) is 14.5. The summed E-state index contributed by atoms with van der Waals surface area (Å²) >= 11 is 0. The lowest BCUT2D eigenvalue weighted by Crippen LogP contribution is -2.48. The molecular formula is C28H36FN7O2S. The van der Waals surface area contributed by atoms with Gasteiger partial charge >= 0.3 is 0 Å². The minimum atomic E-state index is -3.65. The SMILES string of the molecule is CN1CCC(N(CCN2CCCC2)S(=O)(=O)c2ccc(Nc3nccc(Nc4ccc(F)cc4)n3)cc2)CC1. The number of hydrogen-bond acceptors (Lipinski definition) is 8. The van der Waals surface area contributed by atoms with Gasteiger partial charge in [-0.1, -0.05) is 0 Å². The normalized spacial score (nSPS) is 17.5. The molecule has 2 aliphatic heterocycles. The molecular weight excluding hydrogens is 517 g/mol. The van der Waals surface area contributed by atoms with Gasteiger partial charge in [-0.25, -0.2) is 17.8 Å². The first kappa shape index (κ1) is 27.4. The standard InChI is InChI=1S/C28H36FN7O2S/c1-34-18-13-25(14-19-34)36(21-20-35-16-2-3-17-35)39(37,38)26-10-8-24(9-11-26)32-28-30-15-12-27(33-28)31-23-6-4-22(29)5-7-23/h4-12,15,25H,2-3,13-14,16-21H2,1H3,(H2,30,31,32,33). The quantitative estimate of drug-likeness (QED) is 0.384. The monoisotopic (exact) mass is 553 g/mol. The molecule has 0 aliphatic carbocycles. The van der Waals surface area contributed by atoms with E-state index in [-0.39, 0.29) is 11.9 Å². The summed E-state index contributed by atoms with van der Waals surface area (Å²) in [6.07, 6.45) is 5.67. The molecule has 0 bridgehead atoms.